The van der Waals surface area contributed by atoms with Gasteiger partial charge in [-0.1, -0.05) is 0 Å². The molecule has 7 nitrogen and oxygen atoms in total. The van der Waals surface area contributed by atoms with Gasteiger partial charge in [0.05, 0.1) is 16.3 Å². The van der Waals surface area contributed by atoms with Crippen LogP contribution in [-0.2, 0) is 0 Å². The van der Waals surface area contributed by atoms with Gasteiger partial charge in [-0.3, -0.25) is 5.32 Å². The van der Waals surface area contributed by atoms with Crippen molar-refractivity contribution in [3.63, 3.8) is 0 Å². The number of phenols is 2. The second-order valence-corrected chi connectivity index (χ2v) is 10.9. The van der Waals surface area contributed by atoms with E-state index in [1.54, 1.807) is 60.8 Å². The third-order valence-electron chi connectivity index (χ3n) is 5.69. The van der Waals surface area contributed by atoms with Gasteiger partial charge in [0.1, 0.15) is 43.7 Å². The summed E-state index contributed by atoms with van der Waals surface area (Å²) in [5, 5.41) is 33.9. The first-order valence-electron chi connectivity index (χ1n) is 11.7. The minimum absolute atomic E-state index is 0.200. The van der Waals surface area contributed by atoms with Crippen LogP contribution in [-0.4, -0.2) is 58.4 Å². The first kappa shape index (κ1) is 25.0. The molecule has 0 aliphatic carbocycles. The monoisotopic (exact) mass is 535 g/mol. The molecule has 0 bridgehead atoms. The van der Waals surface area contributed by atoms with Gasteiger partial charge in [0.2, 0.25) is 0 Å². The van der Waals surface area contributed by atoms with Gasteiger partial charge >= 0.3 is 5.90 Å². The van der Waals surface area contributed by atoms with E-state index in [4.69, 9.17) is 9.47 Å². The van der Waals surface area contributed by atoms with Crippen LogP contribution in [0.25, 0.3) is 20.5 Å². The lowest BCUT2D eigenvalue weighted by Crippen LogP contribution is -2.23. The lowest BCUT2D eigenvalue weighted by Gasteiger charge is -2.10. The van der Waals surface area contributed by atoms with E-state index in [-0.39, 0.29) is 22.8 Å². The number of rotatable bonds is 9. The molecule has 4 N–H and O–H groups in total. The van der Waals surface area contributed by atoms with Gasteiger partial charge in [-0.15, -0.1) is 23.1 Å². The van der Waals surface area contributed by atoms with Crippen LogP contribution in [0.3, 0.4) is 0 Å². The molecule has 0 radical (unpaired) electrons. The average molecular weight is 536 g/mol. The van der Waals surface area contributed by atoms with Crippen LogP contribution in [0.4, 0.5) is 0 Å². The smallest absolute Gasteiger partial charge is 0.360 e. The summed E-state index contributed by atoms with van der Waals surface area (Å²) in [7, 11) is 3.60. The number of nitrogens with zero attached hydrogens (tertiary/aromatic N) is 1. The van der Waals surface area contributed by atoms with Gasteiger partial charge in [0, 0.05) is 21.5 Å². The second kappa shape index (κ2) is 10.8. The summed E-state index contributed by atoms with van der Waals surface area (Å²) in [5.41, 5.74) is 0.919. The fraction of sp³-hybridized carbons (Fsp3) is 0.179. The Morgan fingerprint density at radius 3 is 2.41 bits per heavy atom. The number of benzene rings is 3. The SMILES string of the molecule is C[N+](C)=C(O)/C=C1/S[C@@H]1NCCOc1ccc(Oc2c(-c3ccc(O)cc3)sc3cc(O)ccc23)cc1. The van der Waals surface area contributed by atoms with Crippen molar-refractivity contribution in [1.82, 2.24) is 5.32 Å². The van der Waals surface area contributed by atoms with E-state index in [0.717, 1.165) is 31.2 Å². The number of aliphatic hydroxyl groups is 1. The molecule has 0 unspecified atom stereocenters. The van der Waals surface area contributed by atoms with Crippen molar-refractivity contribution in [1.29, 1.82) is 0 Å². The topological polar surface area (TPSA) is 94.2 Å². The zero-order valence-corrected chi connectivity index (χ0v) is 22.0. The van der Waals surface area contributed by atoms with E-state index in [1.807, 2.05) is 42.5 Å². The molecular formula is C28H27N2O5S2+. The van der Waals surface area contributed by atoms with Gasteiger partial charge in [-0.25, -0.2) is 4.58 Å². The van der Waals surface area contributed by atoms with Crippen molar-refractivity contribution in [3.05, 3.63) is 77.7 Å². The largest absolute Gasteiger partial charge is 0.508 e. The van der Waals surface area contributed by atoms with Gasteiger partial charge < -0.3 is 24.8 Å². The van der Waals surface area contributed by atoms with Crippen LogP contribution < -0.4 is 14.8 Å². The Bertz CT molecular complexity index is 1470. The number of ether oxygens (including phenoxy) is 2. The maximum Gasteiger partial charge on any atom is 0.360 e. The molecule has 1 saturated heterocycles. The summed E-state index contributed by atoms with van der Waals surface area (Å²) in [4.78, 5) is 2.02. The predicted octanol–water partition coefficient (Wildman–Crippen LogP) is 5.93. The van der Waals surface area contributed by atoms with Crippen molar-refractivity contribution >= 4 is 39.1 Å². The van der Waals surface area contributed by atoms with Gasteiger partial charge in [0.15, 0.2) is 5.75 Å². The van der Waals surface area contributed by atoms with E-state index in [2.05, 4.69) is 5.32 Å². The molecule has 4 aromatic rings. The molecule has 0 spiro atoms. The Morgan fingerprint density at radius 1 is 0.973 bits per heavy atom. The quantitative estimate of drug-likeness (QED) is 0.0694. The summed E-state index contributed by atoms with van der Waals surface area (Å²) < 4.78 is 14.8. The Hall–Kier alpha value is -3.66. The zero-order chi connectivity index (χ0) is 25.9. The lowest BCUT2D eigenvalue weighted by molar-refractivity contribution is -0.472. The standard InChI is InChI=1S/C28H26N2O5S2/c1-30(2)25(33)16-24-28(37-24)29-13-14-34-20-8-10-21(11-9-20)35-26-22-12-7-19(32)15-23(22)36-27(26)17-3-5-18(31)6-4-17/h3-12,15-16,28-29,31-32H,13-14H2,1-2H3/p+1/b24-16+/t28-/m0/s1. The van der Waals surface area contributed by atoms with Crippen LogP contribution in [0, 0.1) is 0 Å². The summed E-state index contributed by atoms with van der Waals surface area (Å²) >= 11 is 3.20. The number of nitrogens with one attached hydrogen (secondary N) is 1. The highest BCUT2D eigenvalue weighted by atomic mass is 32.2. The van der Waals surface area contributed by atoms with Gasteiger partial charge in [0.25, 0.3) is 0 Å². The molecule has 37 heavy (non-hydrogen) atoms. The van der Waals surface area contributed by atoms with Crippen LogP contribution in [0.15, 0.2) is 77.7 Å². The zero-order valence-electron chi connectivity index (χ0n) is 20.3. The summed E-state index contributed by atoms with van der Waals surface area (Å²) in [5.74, 6) is 2.75. The maximum absolute atomic E-state index is 9.95. The molecular weight excluding hydrogens is 508 g/mol. The summed E-state index contributed by atoms with van der Waals surface area (Å²) in [6.07, 6.45) is 1.77. The van der Waals surface area contributed by atoms with E-state index in [1.165, 1.54) is 11.3 Å². The Morgan fingerprint density at radius 2 is 1.68 bits per heavy atom. The average Bonchev–Trinajstić information content (AvgIpc) is 3.53. The highest BCUT2D eigenvalue weighted by molar-refractivity contribution is 8.11. The van der Waals surface area contributed by atoms with Gasteiger partial charge in [-0.2, -0.15) is 0 Å². The molecule has 2 heterocycles. The highest BCUT2D eigenvalue weighted by Gasteiger charge is 2.31. The number of fused-ring (bicyclic) bond motifs is 1. The van der Waals surface area contributed by atoms with Crippen LogP contribution in [0.1, 0.15) is 0 Å². The molecule has 1 fully saturated rings. The Labute approximate surface area is 222 Å². The number of hydrogen-bond acceptors (Lipinski definition) is 7. The molecule has 1 aliphatic rings. The third kappa shape index (κ3) is 6.02. The molecule has 1 atom stereocenters. The first-order valence-corrected chi connectivity index (χ1v) is 13.4. The van der Waals surface area contributed by atoms with E-state index >= 15 is 0 Å². The molecule has 9 heteroatoms. The molecule has 0 amide bonds. The van der Waals surface area contributed by atoms with E-state index in [9.17, 15) is 15.3 Å². The van der Waals surface area contributed by atoms with Crippen molar-refractivity contribution in [2.24, 2.45) is 0 Å². The van der Waals surface area contributed by atoms with Crippen LogP contribution in [0.2, 0.25) is 0 Å². The summed E-state index contributed by atoms with van der Waals surface area (Å²) in [6, 6.07) is 19.7. The van der Waals surface area contributed by atoms with Crippen molar-refractivity contribution in [3.8, 4) is 39.2 Å². The number of aromatic hydroxyl groups is 2. The van der Waals surface area contributed by atoms with E-state index in [0.29, 0.717) is 24.7 Å². The van der Waals surface area contributed by atoms with Crippen molar-refractivity contribution in [2.75, 3.05) is 27.2 Å². The van der Waals surface area contributed by atoms with E-state index < -0.39 is 0 Å². The minimum atomic E-state index is 0.200. The maximum atomic E-state index is 9.95. The fourth-order valence-electron chi connectivity index (χ4n) is 3.66. The predicted molar refractivity (Wildman–Crippen MR) is 150 cm³/mol. The number of thiophene rings is 1. The Balaban J connectivity index is 1.23. The van der Waals surface area contributed by atoms with Crippen LogP contribution in [0.5, 0.6) is 28.7 Å². The van der Waals surface area contributed by atoms with Crippen LogP contribution >= 0.6 is 23.1 Å². The molecule has 3 aromatic carbocycles. The molecule has 0 saturated carbocycles. The minimum Gasteiger partial charge on any atom is -0.508 e. The second-order valence-electron chi connectivity index (χ2n) is 8.66. The first-order chi connectivity index (χ1) is 17.9. The molecule has 1 aromatic heterocycles. The fourth-order valence-corrected chi connectivity index (χ4v) is 5.56. The lowest BCUT2D eigenvalue weighted by atomic mass is 10.1. The van der Waals surface area contributed by atoms with Crippen molar-refractivity contribution < 1.29 is 29.4 Å². The third-order valence-corrected chi connectivity index (χ3v) is 7.90. The number of thioether (sulfide) groups is 1. The molecule has 5 rings (SSSR count). The number of hydrogen-bond donors (Lipinski definition) is 4. The molecule has 190 valence electrons. The van der Waals surface area contributed by atoms with Gasteiger partial charge in [-0.05, 0) is 72.3 Å². The normalized spacial score (nSPS) is 15.6. The van der Waals surface area contributed by atoms with Crippen molar-refractivity contribution in [2.45, 2.75) is 5.37 Å². The summed E-state index contributed by atoms with van der Waals surface area (Å²) in [6.45, 7) is 1.19. The Kier molecular flexibility index (Phi) is 7.27. The number of aliphatic hydroxyl groups excluding tert-OH is 1. The highest BCUT2D eigenvalue weighted by Crippen LogP contribution is 2.47. The number of phenolic OH excluding ortho intramolecular Hbond substituents is 2. The molecule has 1 aliphatic heterocycles.